The predicted octanol–water partition coefficient (Wildman–Crippen LogP) is 1.21. The van der Waals surface area contributed by atoms with E-state index in [4.69, 9.17) is 4.74 Å². The first-order valence-electron chi connectivity index (χ1n) is 7.02. The molecule has 7 nitrogen and oxygen atoms in total. The van der Waals surface area contributed by atoms with Gasteiger partial charge in [-0.05, 0) is 28.7 Å². The Labute approximate surface area is 142 Å². The van der Waals surface area contributed by atoms with E-state index >= 15 is 0 Å². The van der Waals surface area contributed by atoms with Crippen LogP contribution in [0.3, 0.4) is 0 Å². The van der Waals surface area contributed by atoms with Gasteiger partial charge in [0.1, 0.15) is 12.1 Å². The van der Waals surface area contributed by atoms with Gasteiger partial charge in [-0.2, -0.15) is 0 Å². The molecule has 0 bridgehead atoms. The Bertz CT molecular complexity index is 596. The summed E-state index contributed by atoms with van der Waals surface area (Å²) in [6.45, 7) is 3.13. The Kier molecular flexibility index (Phi) is 4.98. The summed E-state index contributed by atoms with van der Waals surface area (Å²) >= 11 is 2.21. The number of rotatable bonds is 4. The number of hydrogen-bond acceptors (Lipinski definition) is 7. The van der Waals surface area contributed by atoms with Gasteiger partial charge in [-0.15, -0.1) is 0 Å². The van der Waals surface area contributed by atoms with E-state index in [0.29, 0.717) is 6.61 Å². The van der Waals surface area contributed by atoms with Crippen LogP contribution in [0, 0.1) is 3.57 Å². The number of aromatic nitrogens is 4. The van der Waals surface area contributed by atoms with Crippen LogP contribution in [-0.4, -0.2) is 59.3 Å². The molecule has 3 rings (SSSR count). The number of anilines is 2. The van der Waals surface area contributed by atoms with Crippen molar-refractivity contribution >= 4 is 34.4 Å². The van der Waals surface area contributed by atoms with Crippen LogP contribution < -0.4 is 9.80 Å². The van der Waals surface area contributed by atoms with Gasteiger partial charge in [0.25, 0.3) is 0 Å². The molecule has 0 unspecified atom stereocenters. The van der Waals surface area contributed by atoms with Crippen molar-refractivity contribution in [1.82, 2.24) is 19.9 Å². The maximum atomic E-state index is 5.38. The molecule has 116 valence electrons. The van der Waals surface area contributed by atoms with Crippen molar-refractivity contribution in [1.29, 1.82) is 0 Å². The lowest BCUT2D eigenvalue weighted by atomic mass is 10.2. The number of nitrogens with zero attached hydrogens (tertiary/aromatic N) is 6. The van der Waals surface area contributed by atoms with Gasteiger partial charge in [-0.1, -0.05) is 0 Å². The van der Waals surface area contributed by atoms with Crippen molar-refractivity contribution in [3.8, 4) is 0 Å². The average molecular weight is 412 g/mol. The zero-order valence-electron chi connectivity index (χ0n) is 12.3. The summed E-state index contributed by atoms with van der Waals surface area (Å²) in [6, 6.07) is 2.14. The summed E-state index contributed by atoms with van der Waals surface area (Å²) in [5.41, 5.74) is 0. The Balaban J connectivity index is 1.77. The topological polar surface area (TPSA) is 67.3 Å². The van der Waals surface area contributed by atoms with Gasteiger partial charge >= 0.3 is 0 Å². The lowest BCUT2D eigenvalue weighted by Crippen LogP contribution is -2.56. The molecule has 0 aromatic carbocycles. The van der Waals surface area contributed by atoms with E-state index in [-0.39, 0.29) is 6.04 Å². The minimum Gasteiger partial charge on any atom is -0.382 e. The molecule has 0 spiro atoms. The molecule has 0 aliphatic carbocycles. The quantitative estimate of drug-likeness (QED) is 0.700. The average Bonchev–Trinajstić information content (AvgIpc) is 2.57. The summed E-state index contributed by atoms with van der Waals surface area (Å²) in [6.07, 6.45) is 7.02. The molecule has 1 aliphatic rings. The van der Waals surface area contributed by atoms with E-state index in [1.807, 2.05) is 18.5 Å². The molecule has 8 heteroatoms. The Hall–Kier alpha value is -1.55. The fourth-order valence-corrected chi connectivity index (χ4v) is 2.87. The summed E-state index contributed by atoms with van der Waals surface area (Å²) in [5.74, 6) is 1.70. The van der Waals surface area contributed by atoms with E-state index in [9.17, 15) is 0 Å². The highest BCUT2D eigenvalue weighted by atomic mass is 127. The molecule has 0 saturated carbocycles. The second-order valence-corrected chi connectivity index (χ2v) is 6.26. The van der Waals surface area contributed by atoms with E-state index in [0.717, 1.165) is 35.0 Å². The second kappa shape index (κ2) is 7.14. The highest BCUT2D eigenvalue weighted by Gasteiger charge is 2.29. The maximum Gasteiger partial charge on any atom is 0.225 e. The van der Waals surface area contributed by atoms with Gasteiger partial charge < -0.3 is 14.5 Å². The molecule has 0 radical (unpaired) electrons. The van der Waals surface area contributed by atoms with Crippen LogP contribution in [0.2, 0.25) is 0 Å². The number of hydrogen-bond donors (Lipinski definition) is 0. The smallest absolute Gasteiger partial charge is 0.225 e. The molecule has 1 atom stereocenters. The monoisotopic (exact) mass is 412 g/mol. The van der Waals surface area contributed by atoms with Gasteiger partial charge in [0.15, 0.2) is 0 Å². The lowest BCUT2D eigenvalue weighted by molar-refractivity contribution is 0.173. The highest BCUT2D eigenvalue weighted by Crippen LogP contribution is 2.20. The molecular weight excluding hydrogens is 395 g/mol. The fourth-order valence-electron chi connectivity index (χ4n) is 2.60. The van der Waals surface area contributed by atoms with Crippen LogP contribution in [0.1, 0.15) is 0 Å². The van der Waals surface area contributed by atoms with Gasteiger partial charge in [0, 0.05) is 48.9 Å². The van der Waals surface area contributed by atoms with Crippen molar-refractivity contribution in [3.63, 3.8) is 0 Å². The van der Waals surface area contributed by atoms with E-state index in [1.165, 1.54) is 0 Å². The first kappa shape index (κ1) is 15.3. The third-order valence-electron chi connectivity index (χ3n) is 3.59. The van der Waals surface area contributed by atoms with Crippen molar-refractivity contribution in [2.75, 3.05) is 43.2 Å². The summed E-state index contributed by atoms with van der Waals surface area (Å²) < 4.78 is 6.42. The predicted molar refractivity (Wildman–Crippen MR) is 92.0 cm³/mol. The molecule has 3 heterocycles. The zero-order valence-corrected chi connectivity index (χ0v) is 14.4. The zero-order chi connectivity index (χ0) is 15.4. The standard InChI is InChI=1S/C14H17IN6O/c1-22-9-12-8-20(14-17-6-11(15)7-18-14)4-5-21(12)13-2-3-16-10-19-13/h2-3,6-7,10,12H,4-5,8-9H2,1H3/t12-/m1/s1. The van der Waals surface area contributed by atoms with Crippen LogP contribution in [0.15, 0.2) is 31.0 Å². The van der Waals surface area contributed by atoms with Crippen molar-refractivity contribution in [2.24, 2.45) is 0 Å². The molecule has 1 aliphatic heterocycles. The van der Waals surface area contributed by atoms with Crippen molar-refractivity contribution in [2.45, 2.75) is 6.04 Å². The van der Waals surface area contributed by atoms with Crippen molar-refractivity contribution < 1.29 is 4.74 Å². The van der Waals surface area contributed by atoms with Crippen LogP contribution in [0.25, 0.3) is 0 Å². The van der Waals surface area contributed by atoms with Gasteiger partial charge in [0.2, 0.25) is 5.95 Å². The van der Waals surface area contributed by atoms with Gasteiger partial charge in [0.05, 0.1) is 12.6 Å². The number of ether oxygens (including phenoxy) is 1. The largest absolute Gasteiger partial charge is 0.382 e. The number of halogens is 1. The summed E-state index contributed by atoms with van der Waals surface area (Å²) in [5, 5.41) is 0. The molecule has 0 N–H and O–H groups in total. The summed E-state index contributed by atoms with van der Waals surface area (Å²) in [4.78, 5) is 21.6. The number of methoxy groups -OCH3 is 1. The first-order chi connectivity index (χ1) is 10.8. The maximum absolute atomic E-state index is 5.38. The molecule has 2 aromatic rings. The molecule has 0 amide bonds. The Morgan fingerprint density at radius 2 is 2.09 bits per heavy atom. The Morgan fingerprint density at radius 3 is 2.77 bits per heavy atom. The highest BCUT2D eigenvalue weighted by molar-refractivity contribution is 14.1. The minimum atomic E-state index is 0.205. The fraction of sp³-hybridized carbons (Fsp3) is 0.429. The van der Waals surface area contributed by atoms with Gasteiger partial charge in [-0.25, -0.2) is 19.9 Å². The molecular formula is C14H17IN6O. The van der Waals surface area contributed by atoms with Crippen LogP contribution in [-0.2, 0) is 4.74 Å². The normalized spacial score (nSPS) is 18.5. The molecule has 22 heavy (non-hydrogen) atoms. The summed E-state index contributed by atoms with van der Waals surface area (Å²) in [7, 11) is 1.72. The van der Waals surface area contributed by atoms with Gasteiger partial charge in [-0.3, -0.25) is 0 Å². The van der Waals surface area contributed by atoms with Crippen molar-refractivity contribution in [3.05, 3.63) is 34.6 Å². The van der Waals surface area contributed by atoms with Crippen LogP contribution >= 0.6 is 22.6 Å². The minimum absolute atomic E-state index is 0.205. The third kappa shape index (κ3) is 3.43. The van der Waals surface area contributed by atoms with E-state index in [2.05, 4.69) is 52.3 Å². The van der Waals surface area contributed by atoms with E-state index < -0.39 is 0 Å². The lowest BCUT2D eigenvalue weighted by Gasteiger charge is -2.41. The molecule has 1 fully saturated rings. The third-order valence-corrected chi connectivity index (χ3v) is 4.15. The van der Waals surface area contributed by atoms with Crippen LogP contribution in [0.4, 0.5) is 11.8 Å². The van der Waals surface area contributed by atoms with Crippen LogP contribution in [0.5, 0.6) is 0 Å². The Morgan fingerprint density at radius 1 is 1.27 bits per heavy atom. The first-order valence-corrected chi connectivity index (χ1v) is 8.10. The number of piperazine rings is 1. The van der Waals surface area contributed by atoms with E-state index in [1.54, 1.807) is 19.6 Å². The second-order valence-electron chi connectivity index (χ2n) is 5.02. The molecule has 2 aromatic heterocycles. The molecule has 1 saturated heterocycles. The SMILES string of the molecule is COC[C@H]1CN(c2ncc(I)cn2)CCN1c1ccncn1.